The predicted octanol–water partition coefficient (Wildman–Crippen LogP) is 4.23. The van der Waals surface area contributed by atoms with Crippen LogP contribution in [0.3, 0.4) is 0 Å². The van der Waals surface area contributed by atoms with Crippen molar-refractivity contribution in [3.8, 4) is 0 Å². The van der Waals surface area contributed by atoms with Crippen molar-refractivity contribution in [3.63, 3.8) is 0 Å². The number of hydrogen-bond acceptors (Lipinski definition) is 4. The molecule has 1 saturated heterocycles. The lowest BCUT2D eigenvalue weighted by Crippen LogP contribution is -2.50. The Morgan fingerprint density at radius 1 is 1.16 bits per heavy atom. The second kappa shape index (κ2) is 9.43. The number of urea groups is 1. The number of nitrogens with zero attached hydrogens (tertiary/aromatic N) is 2. The van der Waals surface area contributed by atoms with E-state index in [1.807, 2.05) is 19.1 Å². The third kappa shape index (κ3) is 5.29. The van der Waals surface area contributed by atoms with E-state index in [-0.39, 0.29) is 17.4 Å². The summed E-state index contributed by atoms with van der Waals surface area (Å²) in [5.41, 5.74) is 3.40. The van der Waals surface area contributed by atoms with Gasteiger partial charge in [0.1, 0.15) is 0 Å². The van der Waals surface area contributed by atoms with E-state index in [4.69, 9.17) is 4.74 Å². The fourth-order valence-electron chi connectivity index (χ4n) is 4.26. The van der Waals surface area contributed by atoms with Gasteiger partial charge in [0.2, 0.25) is 0 Å². The van der Waals surface area contributed by atoms with Crippen LogP contribution in [-0.4, -0.2) is 55.1 Å². The highest BCUT2D eigenvalue weighted by Gasteiger charge is 2.37. The molecule has 2 amide bonds. The molecule has 1 aromatic carbocycles. The van der Waals surface area contributed by atoms with Gasteiger partial charge in [0.25, 0.3) is 0 Å². The lowest BCUT2D eigenvalue weighted by atomic mass is 9.85. The number of likely N-dealkylation sites (N-methyl/N-ethyl adjacent to an activating group) is 1. The molecule has 0 spiro atoms. The fraction of sp³-hybridized carbons (Fsp3) is 0.600. The molecule has 1 N–H and O–H groups in total. The summed E-state index contributed by atoms with van der Waals surface area (Å²) in [5, 5.41) is 3.01. The van der Waals surface area contributed by atoms with Crippen molar-refractivity contribution in [1.29, 1.82) is 0 Å². The summed E-state index contributed by atoms with van der Waals surface area (Å²) in [6.07, 6.45) is 2.27. The van der Waals surface area contributed by atoms with Gasteiger partial charge in [0.05, 0.1) is 18.2 Å². The zero-order valence-electron chi connectivity index (χ0n) is 19.8. The molecule has 0 aromatic heterocycles. The van der Waals surface area contributed by atoms with Crippen LogP contribution in [0.1, 0.15) is 64.6 Å². The zero-order valence-corrected chi connectivity index (χ0v) is 19.8. The minimum absolute atomic E-state index is 0.0327. The first-order valence-electron chi connectivity index (χ1n) is 11.4. The first-order valence-corrected chi connectivity index (χ1v) is 11.4. The van der Waals surface area contributed by atoms with Gasteiger partial charge in [-0.25, -0.2) is 9.59 Å². The van der Waals surface area contributed by atoms with Crippen LogP contribution >= 0.6 is 0 Å². The van der Waals surface area contributed by atoms with Gasteiger partial charge >= 0.3 is 12.0 Å². The molecular formula is C25H37N3O3. The summed E-state index contributed by atoms with van der Waals surface area (Å²) >= 11 is 0. The van der Waals surface area contributed by atoms with E-state index in [1.54, 1.807) is 11.9 Å². The van der Waals surface area contributed by atoms with E-state index in [0.717, 1.165) is 43.1 Å². The van der Waals surface area contributed by atoms with Gasteiger partial charge < -0.3 is 10.1 Å². The number of hydrogen-bond donors (Lipinski definition) is 1. The Hall–Kier alpha value is -2.34. The summed E-state index contributed by atoms with van der Waals surface area (Å²) in [4.78, 5) is 29.8. The molecule has 0 radical (unpaired) electrons. The highest BCUT2D eigenvalue weighted by atomic mass is 16.5. The molecule has 2 aliphatic rings. The first-order chi connectivity index (χ1) is 14.6. The van der Waals surface area contributed by atoms with Crippen LogP contribution in [0.15, 0.2) is 35.5 Å². The smallest absolute Gasteiger partial charge is 0.338 e. The van der Waals surface area contributed by atoms with Crippen LogP contribution in [0.5, 0.6) is 0 Å². The number of benzene rings is 1. The van der Waals surface area contributed by atoms with Crippen molar-refractivity contribution in [1.82, 2.24) is 15.1 Å². The highest BCUT2D eigenvalue weighted by molar-refractivity contribution is 5.95. The number of carbonyl (C=O) groups is 2. The fourth-order valence-corrected chi connectivity index (χ4v) is 4.26. The highest BCUT2D eigenvalue weighted by Crippen LogP contribution is 2.33. The quantitative estimate of drug-likeness (QED) is 0.715. The van der Waals surface area contributed by atoms with Gasteiger partial charge in [0, 0.05) is 19.3 Å². The van der Waals surface area contributed by atoms with Gasteiger partial charge in [-0.3, -0.25) is 9.80 Å². The Morgan fingerprint density at radius 3 is 2.32 bits per heavy atom. The van der Waals surface area contributed by atoms with Crippen molar-refractivity contribution >= 4 is 12.0 Å². The van der Waals surface area contributed by atoms with Crippen LogP contribution in [-0.2, 0) is 14.9 Å². The molecule has 2 aliphatic heterocycles. The van der Waals surface area contributed by atoms with E-state index in [2.05, 4.69) is 50.0 Å². The molecule has 6 heteroatoms. The van der Waals surface area contributed by atoms with E-state index in [0.29, 0.717) is 18.7 Å². The van der Waals surface area contributed by atoms with Gasteiger partial charge in [-0.15, -0.1) is 0 Å². The van der Waals surface area contributed by atoms with E-state index in [9.17, 15) is 9.59 Å². The van der Waals surface area contributed by atoms with Crippen LogP contribution < -0.4 is 5.32 Å². The summed E-state index contributed by atoms with van der Waals surface area (Å²) in [5.74, 6) is 0.357. The van der Waals surface area contributed by atoms with Gasteiger partial charge in [-0.05, 0) is 55.3 Å². The number of likely N-dealkylation sites (tertiary alicyclic amines) is 1. The molecule has 0 aliphatic carbocycles. The van der Waals surface area contributed by atoms with Crippen molar-refractivity contribution < 1.29 is 14.3 Å². The third-order valence-corrected chi connectivity index (χ3v) is 6.43. The Kier molecular flexibility index (Phi) is 7.10. The maximum absolute atomic E-state index is 13.1. The van der Waals surface area contributed by atoms with E-state index >= 15 is 0 Å². The number of amides is 2. The maximum Gasteiger partial charge on any atom is 0.338 e. The SMILES string of the molecule is CCOC(=O)C1=C(CN2CCC(C)CC2)N(C)C(=O)NC1c1ccc(C(C)(C)C)cc1. The standard InChI is InChI=1S/C25H37N3O3/c1-7-31-23(29)21-20(16-28-14-12-17(2)13-15-28)27(6)24(30)26-22(21)18-8-10-19(11-9-18)25(3,4)5/h8-11,17,22H,7,12-16H2,1-6H3,(H,26,30). The van der Waals surface area contributed by atoms with E-state index in [1.165, 1.54) is 5.56 Å². The summed E-state index contributed by atoms with van der Waals surface area (Å²) in [6.45, 7) is 13.4. The number of rotatable bonds is 5. The molecule has 1 fully saturated rings. The molecule has 31 heavy (non-hydrogen) atoms. The Morgan fingerprint density at radius 2 is 1.77 bits per heavy atom. The largest absolute Gasteiger partial charge is 0.463 e. The average Bonchev–Trinajstić information content (AvgIpc) is 2.72. The van der Waals surface area contributed by atoms with Crippen LogP contribution in [0, 0.1) is 5.92 Å². The minimum Gasteiger partial charge on any atom is -0.463 e. The van der Waals surface area contributed by atoms with Crippen LogP contribution in [0.2, 0.25) is 0 Å². The summed E-state index contributed by atoms with van der Waals surface area (Å²) in [7, 11) is 1.73. The second-order valence-electron chi connectivity index (χ2n) is 9.85. The Labute approximate surface area is 186 Å². The summed E-state index contributed by atoms with van der Waals surface area (Å²) in [6, 6.07) is 7.46. The topological polar surface area (TPSA) is 61.9 Å². The number of piperidine rings is 1. The molecule has 0 saturated carbocycles. The molecule has 170 valence electrons. The van der Waals surface area contributed by atoms with Crippen LogP contribution in [0.25, 0.3) is 0 Å². The van der Waals surface area contributed by atoms with Crippen molar-refractivity contribution in [2.24, 2.45) is 5.92 Å². The number of carbonyl (C=O) groups excluding carboxylic acids is 2. The Bertz CT molecular complexity index is 831. The first kappa shape index (κ1) is 23.3. The molecule has 0 bridgehead atoms. The zero-order chi connectivity index (χ0) is 22.8. The number of nitrogens with one attached hydrogen (secondary N) is 1. The van der Waals surface area contributed by atoms with Crippen molar-refractivity contribution in [3.05, 3.63) is 46.7 Å². The van der Waals surface area contributed by atoms with Gasteiger partial charge in [-0.2, -0.15) is 0 Å². The molecule has 1 aromatic rings. The normalized spacial score (nSPS) is 21.3. The predicted molar refractivity (Wildman–Crippen MR) is 123 cm³/mol. The minimum atomic E-state index is -0.518. The lowest BCUT2D eigenvalue weighted by molar-refractivity contribution is -0.139. The molecule has 3 rings (SSSR count). The number of ether oxygens (including phenoxy) is 1. The van der Waals surface area contributed by atoms with Crippen molar-refractivity contribution in [2.75, 3.05) is 33.3 Å². The average molecular weight is 428 g/mol. The Balaban J connectivity index is 2.00. The molecular weight excluding hydrogens is 390 g/mol. The van der Waals surface area contributed by atoms with Gasteiger partial charge in [0.15, 0.2) is 0 Å². The molecule has 2 heterocycles. The maximum atomic E-state index is 13.1. The molecule has 1 atom stereocenters. The monoisotopic (exact) mass is 427 g/mol. The molecule has 6 nitrogen and oxygen atoms in total. The van der Waals surface area contributed by atoms with Crippen molar-refractivity contribution in [2.45, 2.75) is 58.9 Å². The second-order valence-corrected chi connectivity index (χ2v) is 9.85. The van der Waals surface area contributed by atoms with E-state index < -0.39 is 6.04 Å². The lowest BCUT2D eigenvalue weighted by Gasteiger charge is -2.38. The summed E-state index contributed by atoms with van der Waals surface area (Å²) < 4.78 is 5.44. The van der Waals surface area contributed by atoms with Gasteiger partial charge in [-0.1, -0.05) is 52.0 Å². The van der Waals surface area contributed by atoms with Crippen LogP contribution in [0.4, 0.5) is 4.79 Å². The molecule has 1 unspecified atom stereocenters. The third-order valence-electron chi connectivity index (χ3n) is 6.43. The number of esters is 1.